The lowest BCUT2D eigenvalue weighted by molar-refractivity contribution is -0.123. The van der Waals surface area contributed by atoms with Gasteiger partial charge in [0.15, 0.2) is 0 Å². The highest BCUT2D eigenvalue weighted by molar-refractivity contribution is 6.07. The van der Waals surface area contributed by atoms with Gasteiger partial charge in [-0.15, -0.1) is 0 Å². The van der Waals surface area contributed by atoms with Crippen LogP contribution in [0.1, 0.15) is 12.5 Å². The zero-order valence-electron chi connectivity index (χ0n) is 8.30. The average molecular weight is 226 g/mol. The van der Waals surface area contributed by atoms with Crippen LogP contribution in [0.5, 0.6) is 0 Å². The summed E-state index contributed by atoms with van der Waals surface area (Å²) in [4.78, 5) is 22.5. The summed E-state index contributed by atoms with van der Waals surface area (Å²) in [6.45, 7) is 1.35. The summed E-state index contributed by atoms with van der Waals surface area (Å²) in [5.74, 6) is -2.28. The highest BCUT2D eigenvalue weighted by atomic mass is 19.1. The number of carbonyl (C=O) groups is 2. The van der Waals surface area contributed by atoms with Crippen LogP contribution in [0.15, 0.2) is 18.2 Å². The third-order valence-electron chi connectivity index (χ3n) is 2.51. The number of halogens is 2. The monoisotopic (exact) mass is 226 g/mol. The lowest BCUT2D eigenvalue weighted by Crippen LogP contribution is -2.41. The maximum atomic E-state index is 13.5. The maximum absolute atomic E-state index is 13.5. The molecule has 6 heteroatoms. The van der Waals surface area contributed by atoms with E-state index in [2.05, 4.69) is 5.32 Å². The molecule has 2 N–H and O–H groups in total. The molecule has 0 saturated carbocycles. The third kappa shape index (κ3) is 1.42. The second kappa shape index (κ2) is 3.26. The Labute approximate surface area is 89.6 Å². The fourth-order valence-electron chi connectivity index (χ4n) is 1.63. The molecule has 0 spiro atoms. The van der Waals surface area contributed by atoms with Crippen molar-refractivity contribution in [3.63, 3.8) is 0 Å². The summed E-state index contributed by atoms with van der Waals surface area (Å²) >= 11 is 0. The van der Waals surface area contributed by atoms with Gasteiger partial charge in [0, 0.05) is 11.6 Å². The van der Waals surface area contributed by atoms with E-state index < -0.39 is 29.1 Å². The number of benzene rings is 1. The number of hydrogen-bond acceptors (Lipinski definition) is 2. The number of rotatable bonds is 1. The number of carbonyl (C=O) groups excluding carboxylic acids is 2. The zero-order chi connectivity index (χ0) is 11.9. The second-order valence-electron chi connectivity index (χ2n) is 3.66. The Bertz CT molecular complexity index is 490. The standard InChI is InChI=1S/C10H8F2N2O2/c1-10(8(15)13-9(16)14-10)6-3-2-5(11)4-7(6)12/h2-4H,1H3,(H2,13,14,15,16)/t10-/m1/s1. The van der Waals surface area contributed by atoms with E-state index in [4.69, 9.17) is 0 Å². The highest BCUT2D eigenvalue weighted by Gasteiger charge is 2.45. The van der Waals surface area contributed by atoms with Crippen LogP contribution in [-0.4, -0.2) is 11.9 Å². The predicted molar refractivity (Wildman–Crippen MR) is 50.4 cm³/mol. The van der Waals surface area contributed by atoms with Crippen LogP contribution in [0, 0.1) is 11.6 Å². The van der Waals surface area contributed by atoms with Crippen molar-refractivity contribution in [1.82, 2.24) is 10.6 Å². The molecule has 0 unspecified atom stereocenters. The minimum absolute atomic E-state index is 0.0720. The fourth-order valence-corrected chi connectivity index (χ4v) is 1.63. The predicted octanol–water partition coefficient (Wildman–Crippen LogP) is 1.02. The molecular formula is C10H8F2N2O2. The first-order chi connectivity index (χ1) is 7.43. The van der Waals surface area contributed by atoms with Gasteiger partial charge in [-0.1, -0.05) is 6.07 Å². The number of urea groups is 1. The van der Waals surface area contributed by atoms with E-state index in [0.717, 1.165) is 12.1 Å². The van der Waals surface area contributed by atoms with E-state index in [9.17, 15) is 18.4 Å². The van der Waals surface area contributed by atoms with Crippen LogP contribution in [0.3, 0.4) is 0 Å². The fraction of sp³-hybridized carbons (Fsp3) is 0.200. The molecule has 3 amide bonds. The van der Waals surface area contributed by atoms with Gasteiger partial charge in [0.05, 0.1) is 0 Å². The number of imide groups is 1. The molecule has 1 aromatic carbocycles. The van der Waals surface area contributed by atoms with E-state index in [1.165, 1.54) is 6.92 Å². The summed E-state index contributed by atoms with van der Waals surface area (Å²) in [6, 6.07) is 2.13. The zero-order valence-corrected chi connectivity index (χ0v) is 8.30. The minimum Gasteiger partial charge on any atom is -0.319 e. The number of nitrogens with one attached hydrogen (secondary N) is 2. The van der Waals surface area contributed by atoms with Crippen LogP contribution in [0.2, 0.25) is 0 Å². The Morgan fingerprint density at radius 1 is 1.25 bits per heavy atom. The molecule has 1 aromatic rings. The molecule has 0 aliphatic carbocycles. The quantitative estimate of drug-likeness (QED) is 0.702. The molecule has 0 aromatic heterocycles. The van der Waals surface area contributed by atoms with Crippen molar-refractivity contribution in [3.8, 4) is 0 Å². The van der Waals surface area contributed by atoms with Crippen molar-refractivity contribution in [1.29, 1.82) is 0 Å². The summed E-state index contributed by atoms with van der Waals surface area (Å²) in [6.07, 6.45) is 0. The van der Waals surface area contributed by atoms with Crippen LogP contribution < -0.4 is 10.6 Å². The molecule has 84 valence electrons. The Kier molecular flexibility index (Phi) is 2.15. The van der Waals surface area contributed by atoms with Gasteiger partial charge < -0.3 is 5.32 Å². The average Bonchev–Trinajstić information content (AvgIpc) is 2.40. The molecule has 2 rings (SSSR count). The molecule has 4 nitrogen and oxygen atoms in total. The molecule has 1 aliphatic heterocycles. The van der Waals surface area contributed by atoms with E-state index in [0.29, 0.717) is 6.07 Å². The van der Waals surface area contributed by atoms with E-state index in [-0.39, 0.29) is 5.56 Å². The van der Waals surface area contributed by atoms with Crippen molar-refractivity contribution in [2.24, 2.45) is 0 Å². The smallest absolute Gasteiger partial charge is 0.319 e. The van der Waals surface area contributed by atoms with Gasteiger partial charge in [-0.2, -0.15) is 0 Å². The number of hydrogen-bond donors (Lipinski definition) is 2. The Morgan fingerprint density at radius 2 is 1.94 bits per heavy atom. The molecular weight excluding hydrogens is 218 g/mol. The van der Waals surface area contributed by atoms with E-state index >= 15 is 0 Å². The summed E-state index contributed by atoms with van der Waals surface area (Å²) in [5.41, 5.74) is -1.56. The van der Waals surface area contributed by atoms with Crippen molar-refractivity contribution in [3.05, 3.63) is 35.4 Å². The maximum Gasteiger partial charge on any atom is 0.322 e. The van der Waals surface area contributed by atoms with Crippen molar-refractivity contribution < 1.29 is 18.4 Å². The second-order valence-corrected chi connectivity index (χ2v) is 3.66. The first-order valence-corrected chi connectivity index (χ1v) is 4.52. The molecule has 1 heterocycles. The van der Waals surface area contributed by atoms with Crippen LogP contribution in [0.25, 0.3) is 0 Å². The van der Waals surface area contributed by atoms with Crippen molar-refractivity contribution >= 4 is 11.9 Å². The summed E-state index contributed by atoms with van der Waals surface area (Å²) < 4.78 is 26.2. The molecule has 1 aliphatic rings. The van der Waals surface area contributed by atoms with Gasteiger partial charge in [-0.05, 0) is 13.0 Å². The molecule has 0 bridgehead atoms. The molecule has 1 atom stereocenters. The number of amides is 3. The Hall–Kier alpha value is -1.98. The topological polar surface area (TPSA) is 58.2 Å². The Balaban J connectivity index is 2.51. The lowest BCUT2D eigenvalue weighted by atomic mass is 9.92. The molecule has 16 heavy (non-hydrogen) atoms. The van der Waals surface area contributed by atoms with Gasteiger partial charge in [0.2, 0.25) is 0 Å². The van der Waals surface area contributed by atoms with Crippen LogP contribution in [-0.2, 0) is 10.3 Å². The highest BCUT2D eigenvalue weighted by Crippen LogP contribution is 2.26. The van der Waals surface area contributed by atoms with Crippen LogP contribution >= 0.6 is 0 Å². The molecule has 1 fully saturated rings. The summed E-state index contributed by atoms with van der Waals surface area (Å²) in [5, 5.41) is 4.29. The van der Waals surface area contributed by atoms with Crippen molar-refractivity contribution in [2.45, 2.75) is 12.5 Å². The molecule has 0 radical (unpaired) electrons. The van der Waals surface area contributed by atoms with Gasteiger partial charge in [0.1, 0.15) is 17.2 Å². The molecule has 1 saturated heterocycles. The van der Waals surface area contributed by atoms with Gasteiger partial charge >= 0.3 is 6.03 Å². The largest absolute Gasteiger partial charge is 0.322 e. The summed E-state index contributed by atoms with van der Waals surface area (Å²) in [7, 11) is 0. The first-order valence-electron chi connectivity index (χ1n) is 4.52. The van der Waals surface area contributed by atoms with E-state index in [1.807, 2.05) is 5.32 Å². The lowest BCUT2D eigenvalue weighted by Gasteiger charge is -2.21. The van der Waals surface area contributed by atoms with Gasteiger partial charge in [-0.25, -0.2) is 13.6 Å². The first kappa shape index (κ1) is 10.5. The third-order valence-corrected chi connectivity index (χ3v) is 2.51. The van der Waals surface area contributed by atoms with Gasteiger partial charge in [-0.3, -0.25) is 10.1 Å². The Morgan fingerprint density at radius 3 is 2.44 bits per heavy atom. The van der Waals surface area contributed by atoms with E-state index in [1.54, 1.807) is 0 Å². The minimum atomic E-state index is -1.49. The SMILES string of the molecule is C[C@]1(c2ccc(F)cc2F)NC(=O)NC1=O. The van der Waals surface area contributed by atoms with Gasteiger partial charge in [0.25, 0.3) is 5.91 Å². The normalized spacial score (nSPS) is 24.2. The van der Waals surface area contributed by atoms with Crippen molar-refractivity contribution in [2.75, 3.05) is 0 Å². The van der Waals surface area contributed by atoms with Crippen LogP contribution in [0.4, 0.5) is 13.6 Å².